The molecule has 1 aromatic carbocycles. The van der Waals surface area contributed by atoms with E-state index in [0.29, 0.717) is 12.5 Å². The van der Waals surface area contributed by atoms with Crippen LogP contribution in [0.25, 0.3) is 0 Å². The van der Waals surface area contributed by atoms with Crippen LogP contribution in [-0.4, -0.2) is 25.7 Å². The molecule has 0 radical (unpaired) electrons. The fourth-order valence-electron chi connectivity index (χ4n) is 1.89. The summed E-state index contributed by atoms with van der Waals surface area (Å²) in [7, 11) is 0. The smallest absolute Gasteiger partial charge is 0.122 e. The van der Waals surface area contributed by atoms with Gasteiger partial charge in [-0.15, -0.1) is 0 Å². The van der Waals surface area contributed by atoms with Gasteiger partial charge in [-0.25, -0.2) is 0 Å². The third kappa shape index (κ3) is 3.54. The molecule has 1 aliphatic heterocycles. The summed E-state index contributed by atoms with van der Waals surface area (Å²) in [4.78, 5) is 0. The molecule has 0 saturated carbocycles. The van der Waals surface area contributed by atoms with Crippen LogP contribution in [0.1, 0.15) is 17.5 Å². The van der Waals surface area contributed by atoms with Crippen molar-refractivity contribution in [3.8, 4) is 0 Å². The van der Waals surface area contributed by atoms with Gasteiger partial charge in [-0.05, 0) is 18.1 Å². The van der Waals surface area contributed by atoms with E-state index in [1.165, 1.54) is 0 Å². The molecule has 1 saturated heterocycles. The lowest BCUT2D eigenvalue weighted by atomic mass is 10.1. The van der Waals surface area contributed by atoms with Crippen LogP contribution >= 0.6 is 0 Å². The molecule has 1 aromatic rings. The molecule has 2 rings (SSSR count). The summed E-state index contributed by atoms with van der Waals surface area (Å²) < 4.78 is 10.9. The van der Waals surface area contributed by atoms with Crippen molar-refractivity contribution < 1.29 is 9.47 Å². The third-order valence-electron chi connectivity index (χ3n) is 2.88. The van der Waals surface area contributed by atoms with Crippen molar-refractivity contribution >= 4 is 5.84 Å². The Morgan fingerprint density at radius 2 is 2.41 bits per heavy atom. The second kappa shape index (κ2) is 5.80. The van der Waals surface area contributed by atoms with E-state index in [4.69, 9.17) is 20.6 Å². The molecule has 0 aromatic heterocycles. The van der Waals surface area contributed by atoms with Gasteiger partial charge in [-0.2, -0.15) is 0 Å². The van der Waals surface area contributed by atoms with Gasteiger partial charge in [0.2, 0.25) is 0 Å². The highest BCUT2D eigenvalue weighted by atomic mass is 16.5. The minimum Gasteiger partial charge on any atom is -0.384 e. The van der Waals surface area contributed by atoms with Crippen molar-refractivity contribution in [1.82, 2.24) is 0 Å². The van der Waals surface area contributed by atoms with Crippen LogP contribution in [-0.2, 0) is 16.1 Å². The average molecular weight is 234 g/mol. The fourth-order valence-corrected chi connectivity index (χ4v) is 1.89. The Morgan fingerprint density at radius 1 is 1.53 bits per heavy atom. The topological polar surface area (TPSA) is 68.3 Å². The normalized spacial score (nSPS) is 19.4. The molecule has 0 aliphatic carbocycles. The molecule has 0 bridgehead atoms. The van der Waals surface area contributed by atoms with Crippen LogP contribution in [0.5, 0.6) is 0 Å². The minimum atomic E-state index is 0.0936. The van der Waals surface area contributed by atoms with Crippen molar-refractivity contribution in [2.24, 2.45) is 11.7 Å². The van der Waals surface area contributed by atoms with Crippen molar-refractivity contribution in [3.63, 3.8) is 0 Å². The zero-order valence-corrected chi connectivity index (χ0v) is 9.82. The first kappa shape index (κ1) is 12.1. The summed E-state index contributed by atoms with van der Waals surface area (Å²) >= 11 is 0. The van der Waals surface area contributed by atoms with E-state index in [9.17, 15) is 0 Å². The van der Waals surface area contributed by atoms with Crippen molar-refractivity contribution in [2.45, 2.75) is 13.0 Å². The van der Waals surface area contributed by atoms with E-state index < -0.39 is 0 Å². The number of hydrogen-bond donors (Lipinski definition) is 2. The Labute approximate surface area is 101 Å². The van der Waals surface area contributed by atoms with Gasteiger partial charge in [-0.1, -0.05) is 18.2 Å². The molecule has 1 heterocycles. The van der Waals surface area contributed by atoms with Gasteiger partial charge in [-0.3, -0.25) is 5.41 Å². The van der Waals surface area contributed by atoms with Gasteiger partial charge < -0.3 is 15.2 Å². The Bertz CT molecular complexity index is 387. The van der Waals surface area contributed by atoms with Crippen LogP contribution in [0.15, 0.2) is 24.3 Å². The van der Waals surface area contributed by atoms with E-state index in [2.05, 4.69) is 0 Å². The van der Waals surface area contributed by atoms with Crippen LogP contribution in [0, 0.1) is 11.3 Å². The summed E-state index contributed by atoms with van der Waals surface area (Å²) in [6.45, 7) is 2.98. The molecule has 4 heteroatoms. The van der Waals surface area contributed by atoms with Gasteiger partial charge in [0.05, 0.1) is 19.8 Å². The molecule has 3 N–H and O–H groups in total. The maximum absolute atomic E-state index is 7.37. The number of nitrogen functional groups attached to an aromatic ring is 1. The van der Waals surface area contributed by atoms with Gasteiger partial charge in [0.25, 0.3) is 0 Å². The molecule has 1 fully saturated rings. The first-order valence-electron chi connectivity index (χ1n) is 5.84. The zero-order valence-electron chi connectivity index (χ0n) is 9.82. The molecule has 1 aliphatic rings. The Kier molecular flexibility index (Phi) is 4.12. The molecule has 1 unspecified atom stereocenters. The first-order valence-corrected chi connectivity index (χ1v) is 5.84. The Morgan fingerprint density at radius 3 is 3.12 bits per heavy atom. The Balaban J connectivity index is 1.81. The maximum atomic E-state index is 7.37. The van der Waals surface area contributed by atoms with Crippen molar-refractivity contribution in [1.29, 1.82) is 5.41 Å². The predicted molar refractivity (Wildman–Crippen MR) is 66.0 cm³/mol. The van der Waals surface area contributed by atoms with Gasteiger partial charge in [0, 0.05) is 18.1 Å². The number of ether oxygens (including phenoxy) is 2. The summed E-state index contributed by atoms with van der Waals surface area (Å²) in [6, 6.07) is 7.61. The molecule has 92 valence electrons. The summed E-state index contributed by atoms with van der Waals surface area (Å²) in [6.07, 6.45) is 1.09. The highest BCUT2D eigenvalue weighted by Gasteiger charge is 2.15. The molecule has 1 atom stereocenters. The number of benzene rings is 1. The van der Waals surface area contributed by atoms with E-state index in [0.717, 1.165) is 37.4 Å². The predicted octanol–water partition coefficient (Wildman–Crippen LogP) is 1.52. The molecule has 0 amide bonds. The number of rotatable bonds is 5. The molecular formula is C13H18N2O2. The van der Waals surface area contributed by atoms with Crippen LogP contribution in [0.3, 0.4) is 0 Å². The third-order valence-corrected chi connectivity index (χ3v) is 2.88. The van der Waals surface area contributed by atoms with E-state index in [-0.39, 0.29) is 5.84 Å². The maximum Gasteiger partial charge on any atom is 0.122 e. The van der Waals surface area contributed by atoms with Gasteiger partial charge >= 0.3 is 0 Å². The first-order chi connectivity index (χ1) is 8.25. The van der Waals surface area contributed by atoms with Crippen LogP contribution in [0.4, 0.5) is 0 Å². The van der Waals surface area contributed by atoms with Crippen LogP contribution in [0.2, 0.25) is 0 Å². The molecular weight excluding hydrogens is 216 g/mol. The highest BCUT2D eigenvalue weighted by molar-refractivity contribution is 5.95. The molecule has 17 heavy (non-hydrogen) atoms. The molecule has 4 nitrogen and oxygen atoms in total. The summed E-state index contributed by atoms with van der Waals surface area (Å²) in [5.74, 6) is 0.627. The quantitative estimate of drug-likeness (QED) is 0.599. The highest BCUT2D eigenvalue weighted by Crippen LogP contribution is 2.13. The van der Waals surface area contributed by atoms with E-state index >= 15 is 0 Å². The molecule has 0 spiro atoms. The lowest BCUT2D eigenvalue weighted by Gasteiger charge is -2.09. The number of hydrogen-bond acceptors (Lipinski definition) is 3. The summed E-state index contributed by atoms with van der Waals surface area (Å²) in [5.41, 5.74) is 7.23. The van der Waals surface area contributed by atoms with Gasteiger partial charge in [0.1, 0.15) is 5.84 Å². The largest absolute Gasteiger partial charge is 0.384 e. The summed E-state index contributed by atoms with van der Waals surface area (Å²) in [5, 5.41) is 7.37. The van der Waals surface area contributed by atoms with E-state index in [1.54, 1.807) is 0 Å². The lowest BCUT2D eigenvalue weighted by Crippen LogP contribution is -2.12. The second-order valence-electron chi connectivity index (χ2n) is 4.36. The van der Waals surface area contributed by atoms with Crippen molar-refractivity contribution in [2.75, 3.05) is 19.8 Å². The van der Waals surface area contributed by atoms with E-state index in [1.807, 2.05) is 24.3 Å². The number of amidine groups is 1. The lowest BCUT2D eigenvalue weighted by molar-refractivity contribution is 0.0791. The zero-order chi connectivity index (χ0) is 12.1. The number of nitrogens with two attached hydrogens (primary N) is 1. The number of nitrogens with one attached hydrogen (secondary N) is 1. The van der Waals surface area contributed by atoms with Crippen LogP contribution < -0.4 is 5.73 Å². The van der Waals surface area contributed by atoms with Crippen molar-refractivity contribution in [3.05, 3.63) is 35.4 Å². The second-order valence-corrected chi connectivity index (χ2v) is 4.36. The minimum absolute atomic E-state index is 0.0936. The average Bonchev–Trinajstić information content (AvgIpc) is 2.82. The van der Waals surface area contributed by atoms with Gasteiger partial charge in [0.15, 0.2) is 0 Å². The fraction of sp³-hybridized carbons (Fsp3) is 0.462. The SMILES string of the molecule is N=C(N)c1cccc(COCC2CCOC2)c1. The monoisotopic (exact) mass is 234 g/mol. The Hall–Kier alpha value is -1.39. The standard InChI is InChI=1S/C13H18N2O2/c14-13(15)12-3-1-2-10(6-12)7-17-9-11-4-5-16-8-11/h1-3,6,11H,4-5,7-9H2,(H3,14,15).